The lowest BCUT2D eigenvalue weighted by atomic mass is 10.1. The zero-order chi connectivity index (χ0) is 13.8. The molecule has 96 valence electrons. The number of H-pyrrole nitrogens is 1. The minimum atomic E-state index is -0.421. The molecule has 5 nitrogen and oxygen atoms in total. The van der Waals surface area contributed by atoms with Crippen molar-refractivity contribution in [3.63, 3.8) is 0 Å². The minimum Gasteiger partial charge on any atom is -0.461 e. The Bertz CT molecular complexity index is 653. The van der Waals surface area contributed by atoms with E-state index in [9.17, 15) is 4.79 Å². The molecule has 0 saturated carbocycles. The number of aromatic nitrogens is 2. The Balaban J connectivity index is 2.39. The van der Waals surface area contributed by atoms with Gasteiger partial charge in [-0.3, -0.25) is 0 Å². The van der Waals surface area contributed by atoms with Gasteiger partial charge in [0.05, 0.1) is 23.9 Å². The molecule has 19 heavy (non-hydrogen) atoms. The zero-order valence-electron chi connectivity index (χ0n) is 10.7. The second-order valence-electron chi connectivity index (χ2n) is 3.96. The number of esters is 1. The Labute approximate surface area is 110 Å². The van der Waals surface area contributed by atoms with Crippen LogP contribution in [-0.4, -0.2) is 22.5 Å². The summed E-state index contributed by atoms with van der Waals surface area (Å²) in [6.45, 7) is 3.80. The summed E-state index contributed by atoms with van der Waals surface area (Å²) in [6, 6.07) is 9.10. The molecule has 1 aromatic heterocycles. The molecule has 0 radical (unpaired) electrons. The number of hydrogen-bond donors (Lipinski definition) is 1. The number of carbonyl (C=O) groups excluding carboxylic acids is 1. The summed E-state index contributed by atoms with van der Waals surface area (Å²) in [7, 11) is 0. The van der Waals surface area contributed by atoms with Crippen LogP contribution in [0.4, 0.5) is 0 Å². The predicted octanol–water partition coefficient (Wildman–Crippen LogP) is 2.43. The van der Waals surface area contributed by atoms with Gasteiger partial charge in [0.25, 0.3) is 0 Å². The molecular formula is C14H13N3O2. The number of hydrogen-bond acceptors (Lipinski definition) is 4. The number of ether oxygens (including phenoxy) is 1. The predicted molar refractivity (Wildman–Crippen MR) is 69.4 cm³/mol. The average Bonchev–Trinajstić information content (AvgIpc) is 2.81. The van der Waals surface area contributed by atoms with Gasteiger partial charge in [-0.05, 0) is 26.0 Å². The van der Waals surface area contributed by atoms with Crippen LogP contribution < -0.4 is 0 Å². The molecule has 2 aromatic rings. The maximum absolute atomic E-state index is 11.7. The Morgan fingerprint density at radius 1 is 1.53 bits per heavy atom. The number of imidazole rings is 1. The van der Waals surface area contributed by atoms with E-state index >= 15 is 0 Å². The van der Waals surface area contributed by atoms with Crippen LogP contribution in [0.1, 0.15) is 28.7 Å². The van der Waals surface area contributed by atoms with E-state index in [-0.39, 0.29) is 0 Å². The summed E-state index contributed by atoms with van der Waals surface area (Å²) in [5.41, 5.74) is 2.23. The largest absolute Gasteiger partial charge is 0.461 e. The molecule has 1 aromatic carbocycles. The van der Waals surface area contributed by atoms with Gasteiger partial charge < -0.3 is 9.72 Å². The van der Waals surface area contributed by atoms with Crippen molar-refractivity contribution in [2.75, 3.05) is 6.61 Å². The fraction of sp³-hybridized carbons (Fsp3) is 0.214. The van der Waals surface area contributed by atoms with Crippen molar-refractivity contribution in [2.24, 2.45) is 0 Å². The Morgan fingerprint density at radius 2 is 2.32 bits per heavy atom. The molecule has 0 spiro atoms. The Morgan fingerprint density at radius 3 is 3.00 bits per heavy atom. The summed E-state index contributed by atoms with van der Waals surface area (Å²) < 4.78 is 4.94. The van der Waals surface area contributed by atoms with Gasteiger partial charge in [-0.2, -0.15) is 5.26 Å². The fourth-order valence-corrected chi connectivity index (χ4v) is 1.74. The van der Waals surface area contributed by atoms with E-state index in [0.717, 1.165) is 5.56 Å². The van der Waals surface area contributed by atoms with E-state index in [1.807, 2.05) is 6.07 Å². The van der Waals surface area contributed by atoms with Crippen molar-refractivity contribution in [1.82, 2.24) is 9.97 Å². The van der Waals surface area contributed by atoms with Crippen molar-refractivity contribution in [3.05, 3.63) is 41.2 Å². The number of nitrogens with one attached hydrogen (secondary N) is 1. The van der Waals surface area contributed by atoms with Gasteiger partial charge in [0.2, 0.25) is 0 Å². The van der Waals surface area contributed by atoms with Gasteiger partial charge in [-0.1, -0.05) is 12.1 Å². The van der Waals surface area contributed by atoms with Crippen molar-refractivity contribution >= 4 is 5.97 Å². The van der Waals surface area contributed by atoms with Crippen molar-refractivity contribution < 1.29 is 9.53 Å². The van der Waals surface area contributed by atoms with Gasteiger partial charge in [-0.15, -0.1) is 0 Å². The third kappa shape index (κ3) is 2.63. The standard InChI is InChI=1S/C14H13N3O2/c1-3-19-14(18)12-9(2)16-13(17-12)11-6-4-5-10(7-11)8-15/h4-7H,3H2,1-2H3,(H,16,17). The molecular weight excluding hydrogens is 242 g/mol. The molecule has 1 heterocycles. The normalized spacial score (nSPS) is 9.95. The summed E-state index contributed by atoms with van der Waals surface area (Å²) >= 11 is 0. The maximum atomic E-state index is 11.7. The molecule has 0 atom stereocenters. The number of rotatable bonds is 3. The minimum absolute atomic E-state index is 0.316. The van der Waals surface area contributed by atoms with Crippen LogP contribution >= 0.6 is 0 Å². The molecule has 0 aliphatic rings. The first-order valence-corrected chi connectivity index (χ1v) is 5.90. The molecule has 0 fully saturated rings. The lowest BCUT2D eigenvalue weighted by Crippen LogP contribution is -2.06. The number of nitrogens with zero attached hydrogens (tertiary/aromatic N) is 2. The molecule has 2 rings (SSSR count). The molecule has 0 saturated heterocycles. The van der Waals surface area contributed by atoms with Gasteiger partial charge in [0.15, 0.2) is 0 Å². The second-order valence-corrected chi connectivity index (χ2v) is 3.96. The molecule has 0 unspecified atom stereocenters. The number of carbonyl (C=O) groups is 1. The van der Waals surface area contributed by atoms with E-state index in [1.54, 1.807) is 32.0 Å². The van der Waals surface area contributed by atoms with Crippen molar-refractivity contribution in [2.45, 2.75) is 13.8 Å². The third-order valence-corrected chi connectivity index (χ3v) is 2.63. The molecule has 5 heteroatoms. The van der Waals surface area contributed by atoms with Gasteiger partial charge in [0.1, 0.15) is 11.5 Å². The summed E-state index contributed by atoms with van der Waals surface area (Å²) in [5, 5.41) is 8.87. The maximum Gasteiger partial charge on any atom is 0.356 e. The first-order chi connectivity index (χ1) is 9.15. The molecule has 0 amide bonds. The lowest BCUT2D eigenvalue weighted by molar-refractivity contribution is 0.0519. The van der Waals surface area contributed by atoms with Gasteiger partial charge >= 0.3 is 5.97 Å². The summed E-state index contributed by atoms with van der Waals surface area (Å²) in [5.74, 6) is 0.132. The average molecular weight is 255 g/mol. The number of nitriles is 1. The highest BCUT2D eigenvalue weighted by Gasteiger charge is 2.16. The smallest absolute Gasteiger partial charge is 0.356 e. The Hall–Kier alpha value is -2.61. The number of aromatic amines is 1. The van der Waals surface area contributed by atoms with Crippen molar-refractivity contribution in [3.8, 4) is 17.5 Å². The van der Waals surface area contributed by atoms with Crippen LogP contribution in [0.3, 0.4) is 0 Å². The molecule has 1 N–H and O–H groups in total. The zero-order valence-corrected chi connectivity index (χ0v) is 10.7. The third-order valence-electron chi connectivity index (χ3n) is 2.63. The van der Waals surface area contributed by atoms with Crippen LogP contribution in [0.25, 0.3) is 11.4 Å². The first-order valence-electron chi connectivity index (χ1n) is 5.90. The second kappa shape index (κ2) is 5.36. The van der Waals surface area contributed by atoms with E-state index in [4.69, 9.17) is 10.00 Å². The molecule has 0 aliphatic carbocycles. The van der Waals surface area contributed by atoms with E-state index in [2.05, 4.69) is 16.0 Å². The van der Waals surface area contributed by atoms with Crippen LogP contribution in [0, 0.1) is 18.3 Å². The highest BCUT2D eigenvalue weighted by Crippen LogP contribution is 2.19. The lowest BCUT2D eigenvalue weighted by Gasteiger charge is -1.99. The first kappa shape index (κ1) is 12.8. The molecule has 0 aliphatic heterocycles. The summed E-state index contributed by atoms with van der Waals surface area (Å²) in [4.78, 5) is 18.9. The SMILES string of the molecule is CCOC(=O)c1[nH]c(-c2cccc(C#N)c2)nc1C. The van der Waals surface area contributed by atoms with E-state index in [0.29, 0.717) is 29.4 Å². The topological polar surface area (TPSA) is 78.8 Å². The number of aryl methyl sites for hydroxylation is 1. The van der Waals surface area contributed by atoms with Crippen LogP contribution in [-0.2, 0) is 4.74 Å². The van der Waals surface area contributed by atoms with Gasteiger partial charge in [0, 0.05) is 5.56 Å². The monoisotopic (exact) mass is 255 g/mol. The van der Waals surface area contributed by atoms with Crippen LogP contribution in [0.15, 0.2) is 24.3 Å². The highest BCUT2D eigenvalue weighted by molar-refractivity contribution is 5.89. The van der Waals surface area contributed by atoms with Gasteiger partial charge in [-0.25, -0.2) is 9.78 Å². The quantitative estimate of drug-likeness (QED) is 0.854. The van der Waals surface area contributed by atoms with Crippen molar-refractivity contribution in [1.29, 1.82) is 5.26 Å². The molecule has 0 bridgehead atoms. The summed E-state index contributed by atoms with van der Waals surface area (Å²) in [6.07, 6.45) is 0. The van der Waals surface area contributed by atoms with Crippen LogP contribution in [0.5, 0.6) is 0 Å². The van der Waals surface area contributed by atoms with E-state index in [1.165, 1.54) is 0 Å². The fourth-order valence-electron chi connectivity index (χ4n) is 1.74. The highest BCUT2D eigenvalue weighted by atomic mass is 16.5. The van der Waals surface area contributed by atoms with Crippen LogP contribution in [0.2, 0.25) is 0 Å². The van der Waals surface area contributed by atoms with E-state index < -0.39 is 5.97 Å². The Kier molecular flexibility index (Phi) is 3.62. The number of benzene rings is 1.